The normalized spacial score (nSPS) is 16.0. The molecule has 0 aromatic heterocycles. The smallest absolute Gasteiger partial charge is 0.0126 e. The maximum absolute atomic E-state index is 3.00. The topological polar surface area (TPSA) is 0 Å². The fourth-order valence-electron chi connectivity index (χ4n) is 0.566. The Morgan fingerprint density at radius 3 is 1.88 bits per heavy atom. The summed E-state index contributed by atoms with van der Waals surface area (Å²) in [6.45, 7) is 0. The van der Waals surface area contributed by atoms with Gasteiger partial charge in [0.25, 0.3) is 0 Å². The van der Waals surface area contributed by atoms with E-state index in [4.69, 9.17) is 0 Å². The van der Waals surface area contributed by atoms with Crippen LogP contribution < -0.4 is 0 Å². The average Bonchev–Trinajstić information content (AvgIpc) is 1.62. The lowest BCUT2D eigenvalue weighted by Crippen LogP contribution is -1.61. The molecule has 0 heteroatoms. The van der Waals surface area contributed by atoms with Gasteiger partial charge in [-0.3, -0.25) is 0 Å². The number of hydrogen-bond donors (Lipinski definition) is 0. The summed E-state index contributed by atoms with van der Waals surface area (Å²) in [7, 11) is 0. The zero-order chi connectivity index (χ0) is 5.66. The summed E-state index contributed by atoms with van der Waals surface area (Å²) in [6.07, 6.45) is 10.0. The highest BCUT2D eigenvalue weighted by atomic mass is 13.8. The summed E-state index contributed by atoms with van der Waals surface area (Å²) in [6, 6.07) is 0. The van der Waals surface area contributed by atoms with Crippen molar-refractivity contribution in [2.24, 2.45) is 0 Å². The molecule has 0 bridgehead atoms. The first-order valence-electron chi connectivity index (χ1n) is 2.80. The van der Waals surface area contributed by atoms with Crippen molar-refractivity contribution in [3.05, 3.63) is 35.8 Å². The lowest BCUT2D eigenvalue weighted by Gasteiger charge is -1.80. The first-order chi connectivity index (χ1) is 4.00. The van der Waals surface area contributed by atoms with Crippen LogP contribution in [-0.2, 0) is 0 Å². The second-order valence-corrected chi connectivity index (χ2v) is 1.65. The summed E-state index contributed by atoms with van der Waals surface area (Å²) in [5.41, 5.74) is 6.00. The van der Waals surface area contributed by atoms with E-state index in [0.717, 1.165) is 12.8 Å². The Kier molecular flexibility index (Phi) is 2.01. The third-order valence-electron chi connectivity index (χ3n) is 0.967. The van der Waals surface area contributed by atoms with Gasteiger partial charge in [-0.15, -0.1) is 11.5 Å². The zero-order valence-electron chi connectivity index (χ0n) is 4.72. The molecular formula is C8H8. The zero-order valence-corrected chi connectivity index (χ0v) is 4.72. The molecule has 0 atom stereocenters. The van der Waals surface area contributed by atoms with E-state index in [1.54, 1.807) is 0 Å². The lowest BCUT2D eigenvalue weighted by molar-refractivity contribution is 1.05. The Morgan fingerprint density at radius 1 is 0.875 bits per heavy atom. The maximum Gasteiger partial charge on any atom is -0.0126 e. The van der Waals surface area contributed by atoms with Crippen LogP contribution in [0.15, 0.2) is 35.8 Å². The Bertz CT molecular complexity index is 150. The van der Waals surface area contributed by atoms with E-state index in [1.807, 2.05) is 24.3 Å². The molecule has 0 aromatic carbocycles. The largest absolute Gasteiger partial charge is 0.125 e. The SMILES string of the molecule is C1=CC=C=CCCC=1. The van der Waals surface area contributed by atoms with Crippen LogP contribution in [-0.4, -0.2) is 0 Å². The molecule has 0 radical (unpaired) electrons. The monoisotopic (exact) mass is 104 g/mol. The lowest BCUT2D eigenvalue weighted by atomic mass is 10.2. The molecule has 0 unspecified atom stereocenters. The van der Waals surface area contributed by atoms with Crippen molar-refractivity contribution in [1.82, 2.24) is 0 Å². The van der Waals surface area contributed by atoms with Crippen molar-refractivity contribution in [2.45, 2.75) is 12.8 Å². The fourth-order valence-corrected chi connectivity index (χ4v) is 0.566. The molecule has 0 saturated heterocycles. The molecule has 0 fully saturated rings. The molecule has 40 valence electrons. The van der Waals surface area contributed by atoms with Gasteiger partial charge in [-0.25, -0.2) is 0 Å². The first kappa shape index (κ1) is 5.18. The van der Waals surface area contributed by atoms with E-state index < -0.39 is 0 Å². The van der Waals surface area contributed by atoms with Crippen LogP contribution >= 0.6 is 0 Å². The minimum atomic E-state index is 1.09. The summed E-state index contributed by atoms with van der Waals surface area (Å²) in [4.78, 5) is 0. The van der Waals surface area contributed by atoms with Crippen molar-refractivity contribution in [2.75, 3.05) is 0 Å². The third-order valence-corrected chi connectivity index (χ3v) is 0.967. The highest BCUT2D eigenvalue weighted by molar-refractivity contribution is 5.04. The van der Waals surface area contributed by atoms with E-state index in [9.17, 15) is 0 Å². The third kappa shape index (κ3) is 1.66. The van der Waals surface area contributed by atoms with Gasteiger partial charge in [0.1, 0.15) is 0 Å². The second-order valence-electron chi connectivity index (χ2n) is 1.65. The molecule has 0 aromatic rings. The minimum absolute atomic E-state index is 1.09. The maximum atomic E-state index is 3.00. The van der Waals surface area contributed by atoms with E-state index in [1.165, 1.54) is 0 Å². The van der Waals surface area contributed by atoms with Crippen LogP contribution in [0.5, 0.6) is 0 Å². The van der Waals surface area contributed by atoms with E-state index >= 15 is 0 Å². The number of rotatable bonds is 0. The van der Waals surface area contributed by atoms with Gasteiger partial charge >= 0.3 is 0 Å². The van der Waals surface area contributed by atoms with Crippen LogP contribution in [0.4, 0.5) is 0 Å². The van der Waals surface area contributed by atoms with Gasteiger partial charge in [0.2, 0.25) is 0 Å². The number of hydrogen-bond acceptors (Lipinski definition) is 0. The van der Waals surface area contributed by atoms with Gasteiger partial charge in [-0.2, -0.15) is 0 Å². The molecule has 0 nitrogen and oxygen atoms in total. The number of allylic oxidation sites excluding steroid dienone is 2. The van der Waals surface area contributed by atoms with E-state index in [-0.39, 0.29) is 0 Å². The molecular weight excluding hydrogens is 96.1 g/mol. The predicted molar refractivity (Wildman–Crippen MR) is 34.5 cm³/mol. The molecule has 1 aliphatic carbocycles. The van der Waals surface area contributed by atoms with Gasteiger partial charge in [0.05, 0.1) is 0 Å². The Balaban J connectivity index is 2.74. The van der Waals surface area contributed by atoms with Crippen molar-refractivity contribution < 1.29 is 0 Å². The molecule has 0 amide bonds. The Morgan fingerprint density at radius 2 is 1.38 bits per heavy atom. The van der Waals surface area contributed by atoms with Crippen LogP contribution in [0.25, 0.3) is 0 Å². The minimum Gasteiger partial charge on any atom is -0.125 e. The van der Waals surface area contributed by atoms with Gasteiger partial charge in [0.15, 0.2) is 0 Å². The Labute approximate surface area is 49.5 Å². The fraction of sp³-hybridized carbons (Fsp3) is 0.250. The van der Waals surface area contributed by atoms with Gasteiger partial charge < -0.3 is 0 Å². The molecule has 0 saturated carbocycles. The highest BCUT2D eigenvalue weighted by Gasteiger charge is 1.73. The van der Waals surface area contributed by atoms with Crippen molar-refractivity contribution in [1.29, 1.82) is 0 Å². The van der Waals surface area contributed by atoms with E-state index in [2.05, 4.69) is 11.5 Å². The van der Waals surface area contributed by atoms with Crippen LogP contribution in [0.1, 0.15) is 12.8 Å². The predicted octanol–water partition coefficient (Wildman–Crippen LogP) is 2.20. The van der Waals surface area contributed by atoms with Crippen molar-refractivity contribution in [3.63, 3.8) is 0 Å². The van der Waals surface area contributed by atoms with Crippen molar-refractivity contribution >= 4 is 0 Å². The second kappa shape index (κ2) is 3.10. The van der Waals surface area contributed by atoms with E-state index in [0.29, 0.717) is 0 Å². The van der Waals surface area contributed by atoms with Gasteiger partial charge in [-0.05, 0) is 37.1 Å². The summed E-state index contributed by atoms with van der Waals surface area (Å²) in [5, 5.41) is 0. The molecule has 0 N–H and O–H groups in total. The van der Waals surface area contributed by atoms with Gasteiger partial charge in [0, 0.05) is 0 Å². The van der Waals surface area contributed by atoms with Crippen LogP contribution in [0.3, 0.4) is 0 Å². The molecule has 0 aliphatic heterocycles. The van der Waals surface area contributed by atoms with Crippen molar-refractivity contribution in [3.8, 4) is 0 Å². The standard InChI is InChI=1S/C8H8/c1-2-4-6-8-7-5-3-1/h1-2,5-6H,7-8H2. The Hall–Kier alpha value is -0.960. The quantitative estimate of drug-likeness (QED) is 0.413. The molecule has 1 rings (SSSR count). The van der Waals surface area contributed by atoms with Crippen LogP contribution in [0, 0.1) is 0 Å². The summed E-state index contributed by atoms with van der Waals surface area (Å²) in [5.74, 6) is 0. The molecule has 8 heavy (non-hydrogen) atoms. The average molecular weight is 104 g/mol. The van der Waals surface area contributed by atoms with Crippen LogP contribution in [0.2, 0.25) is 0 Å². The summed E-state index contributed by atoms with van der Waals surface area (Å²) >= 11 is 0. The summed E-state index contributed by atoms with van der Waals surface area (Å²) < 4.78 is 0. The molecule has 0 heterocycles. The molecule has 0 spiro atoms. The first-order valence-corrected chi connectivity index (χ1v) is 2.80. The van der Waals surface area contributed by atoms with Gasteiger partial charge in [-0.1, -0.05) is 0 Å². The highest BCUT2D eigenvalue weighted by Crippen LogP contribution is 1.92. The molecule has 1 aliphatic rings.